The Morgan fingerprint density at radius 2 is 1.71 bits per heavy atom. The molecule has 1 unspecified atom stereocenters. The van der Waals surface area contributed by atoms with Gasteiger partial charge in [-0.3, -0.25) is 9.52 Å². The fraction of sp³-hybridized carbons (Fsp3) is 0.167. The molecule has 0 aliphatic rings. The first-order valence-electron chi connectivity index (χ1n) is 10.3. The lowest BCUT2D eigenvalue weighted by Gasteiger charge is -2.25. The Labute approximate surface area is 213 Å². The van der Waals surface area contributed by atoms with Crippen molar-refractivity contribution >= 4 is 58.6 Å². The first kappa shape index (κ1) is 25.6. The van der Waals surface area contributed by atoms with E-state index >= 15 is 0 Å². The third kappa shape index (κ3) is 7.21. The maximum atomic E-state index is 13.3. The molecule has 0 heterocycles. The highest BCUT2D eigenvalue weighted by molar-refractivity contribution is 7.99. The number of methoxy groups -OCH3 is 1. The van der Waals surface area contributed by atoms with Gasteiger partial charge in [-0.2, -0.15) is 0 Å². The number of likely N-dealkylation sites (N-methyl/N-ethyl adjacent to an activating group) is 1. The van der Waals surface area contributed by atoms with Crippen LogP contribution >= 0.6 is 35.3 Å². The summed E-state index contributed by atoms with van der Waals surface area (Å²) in [4.78, 5) is 27.4. The summed E-state index contributed by atoms with van der Waals surface area (Å²) in [6, 6.07) is 20.3. The lowest BCUT2D eigenvalue weighted by molar-refractivity contribution is -0.120. The number of nitrogens with one attached hydrogen (secondary N) is 3. The smallest absolute Gasteiger partial charge is 0.326 e. The summed E-state index contributed by atoms with van der Waals surface area (Å²) in [5.74, 6) is 0.432. The van der Waals surface area contributed by atoms with E-state index in [1.54, 1.807) is 56.6 Å². The molecule has 0 saturated carbocycles. The van der Waals surface area contributed by atoms with E-state index in [-0.39, 0.29) is 5.91 Å². The summed E-state index contributed by atoms with van der Waals surface area (Å²) in [6.45, 7) is 0. The van der Waals surface area contributed by atoms with Crippen LogP contribution in [0.25, 0.3) is 0 Å². The zero-order chi connectivity index (χ0) is 24.5. The molecule has 0 spiro atoms. The van der Waals surface area contributed by atoms with Gasteiger partial charge < -0.3 is 19.7 Å². The molecule has 0 radical (unpaired) electrons. The van der Waals surface area contributed by atoms with E-state index in [9.17, 15) is 9.59 Å². The lowest BCUT2D eigenvalue weighted by Crippen LogP contribution is -2.50. The number of carbonyl (C=O) groups excluding carboxylic acids is 2. The predicted molar refractivity (Wildman–Crippen MR) is 140 cm³/mol. The molecule has 7 nitrogen and oxygen atoms in total. The SMILES string of the molecule is COc1ccc(N(C)C(=O)C(Cc2ccccc2)NC(=O)NSNc2ccc(Cl)c(Cl)c2)cc1. The summed E-state index contributed by atoms with van der Waals surface area (Å²) >= 11 is 12.9. The van der Waals surface area contributed by atoms with E-state index in [1.807, 2.05) is 30.3 Å². The van der Waals surface area contributed by atoms with Crippen LogP contribution in [0, 0.1) is 0 Å². The Morgan fingerprint density at radius 1 is 1.00 bits per heavy atom. The van der Waals surface area contributed by atoms with Crippen molar-refractivity contribution in [3.05, 3.63) is 88.4 Å². The van der Waals surface area contributed by atoms with Crippen molar-refractivity contribution in [2.24, 2.45) is 0 Å². The van der Waals surface area contributed by atoms with E-state index < -0.39 is 12.1 Å². The molecule has 10 heteroatoms. The van der Waals surface area contributed by atoms with E-state index in [4.69, 9.17) is 27.9 Å². The minimum atomic E-state index is -0.792. The van der Waals surface area contributed by atoms with E-state index in [0.717, 1.165) is 17.7 Å². The molecule has 0 fully saturated rings. The number of benzene rings is 3. The predicted octanol–water partition coefficient (Wildman–Crippen LogP) is 5.55. The molecule has 1 atom stereocenters. The van der Waals surface area contributed by atoms with Gasteiger partial charge in [-0.05, 0) is 48.0 Å². The van der Waals surface area contributed by atoms with Crippen LogP contribution in [-0.4, -0.2) is 32.1 Å². The van der Waals surface area contributed by atoms with Crippen LogP contribution in [0.5, 0.6) is 5.75 Å². The van der Waals surface area contributed by atoms with Crippen LogP contribution in [-0.2, 0) is 11.2 Å². The average Bonchev–Trinajstić information content (AvgIpc) is 2.85. The molecule has 178 valence electrons. The Morgan fingerprint density at radius 3 is 2.35 bits per heavy atom. The van der Waals surface area contributed by atoms with Crippen molar-refractivity contribution in [1.82, 2.24) is 10.0 Å². The van der Waals surface area contributed by atoms with Crippen LogP contribution in [0.2, 0.25) is 10.0 Å². The fourth-order valence-corrected chi connectivity index (χ4v) is 3.84. The molecule has 3 aromatic carbocycles. The highest BCUT2D eigenvalue weighted by Gasteiger charge is 2.25. The second kappa shape index (κ2) is 12.4. The first-order valence-corrected chi connectivity index (χ1v) is 11.8. The maximum absolute atomic E-state index is 13.3. The maximum Gasteiger partial charge on any atom is 0.326 e. The molecule has 3 aromatic rings. The second-order valence-corrected chi connectivity index (χ2v) is 8.67. The van der Waals surface area contributed by atoms with Crippen molar-refractivity contribution in [3.8, 4) is 5.75 Å². The van der Waals surface area contributed by atoms with Crippen molar-refractivity contribution in [2.75, 3.05) is 23.8 Å². The number of halogens is 2. The molecule has 0 aliphatic carbocycles. The second-order valence-electron chi connectivity index (χ2n) is 7.25. The van der Waals surface area contributed by atoms with Crippen molar-refractivity contribution in [3.63, 3.8) is 0 Å². The number of hydrogen-bond acceptors (Lipinski definition) is 5. The first-order chi connectivity index (χ1) is 16.4. The van der Waals surface area contributed by atoms with Gasteiger partial charge in [0.25, 0.3) is 0 Å². The molecule has 0 aliphatic heterocycles. The van der Waals surface area contributed by atoms with E-state index in [1.165, 1.54) is 4.90 Å². The number of ether oxygens (including phenoxy) is 1. The number of nitrogens with zero attached hydrogens (tertiary/aromatic N) is 1. The largest absolute Gasteiger partial charge is 0.497 e. The van der Waals surface area contributed by atoms with Crippen LogP contribution in [0.15, 0.2) is 72.8 Å². The molecule has 0 bridgehead atoms. The molecular weight excluding hydrogens is 495 g/mol. The number of rotatable bonds is 9. The number of anilines is 2. The van der Waals surface area contributed by atoms with Crippen LogP contribution < -0.4 is 24.4 Å². The zero-order valence-electron chi connectivity index (χ0n) is 18.5. The Hall–Kier alpha value is -3.07. The molecule has 0 aromatic heterocycles. The van der Waals surface area contributed by atoms with E-state index in [2.05, 4.69) is 14.8 Å². The summed E-state index contributed by atoms with van der Waals surface area (Å²) in [5, 5.41) is 3.60. The van der Waals surface area contributed by atoms with Gasteiger partial charge in [-0.25, -0.2) is 4.79 Å². The van der Waals surface area contributed by atoms with Gasteiger partial charge in [0.1, 0.15) is 11.8 Å². The van der Waals surface area contributed by atoms with Crippen molar-refractivity contribution < 1.29 is 14.3 Å². The monoisotopic (exact) mass is 518 g/mol. The quantitative estimate of drug-likeness (QED) is 0.323. The van der Waals surface area contributed by atoms with Gasteiger partial charge in [-0.1, -0.05) is 53.5 Å². The van der Waals surface area contributed by atoms with Crippen molar-refractivity contribution in [2.45, 2.75) is 12.5 Å². The van der Waals surface area contributed by atoms with Crippen LogP contribution in [0.4, 0.5) is 16.2 Å². The van der Waals surface area contributed by atoms with Gasteiger partial charge in [0.15, 0.2) is 0 Å². The standard InChI is InChI=1S/C24H24Cl2N4O3S/c1-30(18-9-11-19(33-2)12-10-18)23(31)22(14-16-6-4-3-5-7-16)27-24(32)29-34-28-17-8-13-20(25)21(26)15-17/h3-13,15,22,28H,14H2,1-2H3,(H2,27,29,32). The van der Waals surface area contributed by atoms with Crippen molar-refractivity contribution in [1.29, 1.82) is 0 Å². The third-order valence-electron chi connectivity index (χ3n) is 4.91. The Balaban J connectivity index is 1.65. The summed E-state index contributed by atoms with van der Waals surface area (Å²) in [5.41, 5.74) is 2.27. The zero-order valence-corrected chi connectivity index (χ0v) is 20.9. The Bertz CT molecular complexity index is 1120. The minimum Gasteiger partial charge on any atom is -0.497 e. The number of urea groups is 1. The molecule has 3 amide bonds. The molecule has 3 rings (SSSR count). The Kier molecular flexibility index (Phi) is 9.33. The number of carbonyl (C=O) groups is 2. The molecule has 0 saturated heterocycles. The molecular formula is C24H24Cl2N4O3S. The van der Waals surface area contributed by atoms with Gasteiger partial charge in [0.2, 0.25) is 5.91 Å². The van der Waals surface area contributed by atoms with Gasteiger partial charge in [0.05, 0.1) is 29.3 Å². The minimum absolute atomic E-state index is 0.258. The topological polar surface area (TPSA) is 82.7 Å². The summed E-state index contributed by atoms with van der Waals surface area (Å²) in [6.07, 6.45) is 0.332. The van der Waals surface area contributed by atoms with E-state index in [0.29, 0.717) is 33.6 Å². The van der Waals surface area contributed by atoms with Crippen LogP contribution in [0.1, 0.15) is 5.56 Å². The fourth-order valence-electron chi connectivity index (χ4n) is 3.09. The highest BCUT2D eigenvalue weighted by Crippen LogP contribution is 2.26. The molecule has 34 heavy (non-hydrogen) atoms. The summed E-state index contributed by atoms with van der Waals surface area (Å²) < 4.78 is 10.8. The highest BCUT2D eigenvalue weighted by atomic mass is 35.5. The molecule has 3 N–H and O–H groups in total. The van der Waals surface area contributed by atoms with Gasteiger partial charge in [-0.15, -0.1) is 0 Å². The summed E-state index contributed by atoms with van der Waals surface area (Å²) in [7, 11) is 3.25. The average molecular weight is 519 g/mol. The lowest BCUT2D eigenvalue weighted by atomic mass is 10.0. The number of amides is 3. The van der Waals surface area contributed by atoms with Gasteiger partial charge >= 0.3 is 6.03 Å². The number of hydrogen-bond donors (Lipinski definition) is 3. The normalized spacial score (nSPS) is 11.3. The van der Waals surface area contributed by atoms with Gasteiger partial charge in [0, 0.05) is 24.8 Å². The third-order valence-corrected chi connectivity index (χ3v) is 6.27. The van der Waals surface area contributed by atoms with Crippen LogP contribution in [0.3, 0.4) is 0 Å².